The fourth-order valence-corrected chi connectivity index (χ4v) is 5.02. The standard InChI is InChI=1S/C15H22N2O2S2/c1-3-13-6-4-5-9-17(13)21(18,19)14-8-7-12(15(16)20)10-11(14)2/h7-8,10,13H,3-6,9H2,1-2H3,(H2,16,20). The number of piperidine rings is 1. The summed E-state index contributed by atoms with van der Waals surface area (Å²) < 4.78 is 27.5. The van der Waals surface area contributed by atoms with Crippen molar-refractivity contribution in [3.63, 3.8) is 0 Å². The summed E-state index contributed by atoms with van der Waals surface area (Å²) in [7, 11) is -3.45. The molecule has 0 amide bonds. The quantitative estimate of drug-likeness (QED) is 0.864. The van der Waals surface area contributed by atoms with E-state index < -0.39 is 10.0 Å². The Hall–Kier alpha value is -0.980. The molecule has 0 saturated carbocycles. The molecule has 1 aromatic rings. The van der Waals surface area contributed by atoms with Gasteiger partial charge in [-0.2, -0.15) is 4.31 Å². The first kappa shape index (κ1) is 16.4. The molecule has 1 unspecified atom stereocenters. The molecule has 1 aliphatic rings. The summed E-state index contributed by atoms with van der Waals surface area (Å²) in [5, 5.41) is 0. The first-order valence-corrected chi connectivity index (χ1v) is 9.15. The molecule has 1 heterocycles. The highest BCUT2D eigenvalue weighted by molar-refractivity contribution is 7.89. The number of aryl methyl sites for hydroxylation is 1. The fraction of sp³-hybridized carbons (Fsp3) is 0.533. The van der Waals surface area contributed by atoms with Gasteiger partial charge in [-0.25, -0.2) is 8.42 Å². The monoisotopic (exact) mass is 326 g/mol. The van der Waals surface area contributed by atoms with Gasteiger partial charge < -0.3 is 5.73 Å². The minimum absolute atomic E-state index is 0.110. The zero-order chi connectivity index (χ0) is 15.6. The number of hydrogen-bond acceptors (Lipinski definition) is 3. The van der Waals surface area contributed by atoms with Crippen LogP contribution in [0.4, 0.5) is 0 Å². The van der Waals surface area contributed by atoms with Crippen LogP contribution in [0.25, 0.3) is 0 Å². The van der Waals surface area contributed by atoms with E-state index in [0.29, 0.717) is 22.6 Å². The first-order chi connectivity index (χ1) is 9.87. The van der Waals surface area contributed by atoms with Crippen LogP contribution < -0.4 is 5.73 Å². The number of benzene rings is 1. The van der Waals surface area contributed by atoms with Crippen molar-refractivity contribution in [2.45, 2.75) is 50.5 Å². The average molecular weight is 326 g/mol. The average Bonchev–Trinajstić information content (AvgIpc) is 2.46. The molecule has 0 aliphatic carbocycles. The maximum atomic E-state index is 12.9. The molecule has 2 rings (SSSR count). The van der Waals surface area contributed by atoms with Gasteiger partial charge in [0, 0.05) is 18.2 Å². The summed E-state index contributed by atoms with van der Waals surface area (Å²) in [6.45, 7) is 4.44. The molecular weight excluding hydrogens is 304 g/mol. The van der Waals surface area contributed by atoms with E-state index in [1.807, 2.05) is 6.92 Å². The minimum Gasteiger partial charge on any atom is -0.389 e. The van der Waals surface area contributed by atoms with E-state index >= 15 is 0 Å². The van der Waals surface area contributed by atoms with Crippen molar-refractivity contribution in [1.29, 1.82) is 0 Å². The predicted molar refractivity (Wildman–Crippen MR) is 88.9 cm³/mol. The van der Waals surface area contributed by atoms with E-state index in [4.69, 9.17) is 18.0 Å². The Balaban J connectivity index is 2.41. The Bertz CT molecular complexity index is 641. The maximum absolute atomic E-state index is 12.9. The maximum Gasteiger partial charge on any atom is 0.243 e. The van der Waals surface area contributed by atoms with Crippen LogP contribution >= 0.6 is 12.2 Å². The third-order valence-electron chi connectivity index (χ3n) is 4.09. The van der Waals surface area contributed by atoms with Gasteiger partial charge in [-0.05, 0) is 43.9 Å². The van der Waals surface area contributed by atoms with Crippen LogP contribution in [-0.2, 0) is 10.0 Å². The SMILES string of the molecule is CCC1CCCCN1S(=O)(=O)c1ccc(C(N)=S)cc1C. The fourth-order valence-electron chi connectivity index (χ4n) is 2.92. The molecule has 1 aliphatic heterocycles. The van der Waals surface area contributed by atoms with Crippen molar-refractivity contribution < 1.29 is 8.42 Å². The number of nitrogens with two attached hydrogens (primary N) is 1. The summed E-state index contributed by atoms with van der Waals surface area (Å²) in [6, 6.07) is 5.17. The molecule has 4 nitrogen and oxygen atoms in total. The van der Waals surface area contributed by atoms with Crippen molar-refractivity contribution >= 4 is 27.2 Å². The van der Waals surface area contributed by atoms with Crippen LogP contribution in [-0.4, -0.2) is 30.3 Å². The lowest BCUT2D eigenvalue weighted by molar-refractivity contribution is 0.246. The molecule has 0 bridgehead atoms. The molecule has 1 saturated heterocycles. The number of rotatable bonds is 4. The van der Waals surface area contributed by atoms with Crippen LogP contribution in [0.3, 0.4) is 0 Å². The first-order valence-electron chi connectivity index (χ1n) is 7.30. The van der Waals surface area contributed by atoms with Gasteiger partial charge in [0.05, 0.1) is 4.90 Å². The van der Waals surface area contributed by atoms with E-state index in [-0.39, 0.29) is 11.0 Å². The van der Waals surface area contributed by atoms with Crippen LogP contribution in [0, 0.1) is 6.92 Å². The second-order valence-corrected chi connectivity index (χ2v) is 7.82. The van der Waals surface area contributed by atoms with Gasteiger partial charge in [0.1, 0.15) is 4.99 Å². The molecule has 1 fully saturated rings. The van der Waals surface area contributed by atoms with Crippen LogP contribution in [0.1, 0.15) is 43.7 Å². The molecule has 0 radical (unpaired) electrons. The Morgan fingerprint density at radius 3 is 2.71 bits per heavy atom. The zero-order valence-electron chi connectivity index (χ0n) is 12.5. The van der Waals surface area contributed by atoms with E-state index in [1.165, 1.54) is 0 Å². The molecule has 0 aromatic heterocycles. The molecule has 0 spiro atoms. The van der Waals surface area contributed by atoms with Gasteiger partial charge in [-0.15, -0.1) is 0 Å². The van der Waals surface area contributed by atoms with Crippen LogP contribution in [0.15, 0.2) is 23.1 Å². The highest BCUT2D eigenvalue weighted by Gasteiger charge is 2.33. The Morgan fingerprint density at radius 2 is 2.14 bits per heavy atom. The predicted octanol–water partition coefficient (Wildman–Crippen LogP) is 2.58. The Labute approximate surface area is 132 Å². The van der Waals surface area contributed by atoms with Gasteiger partial charge in [0.2, 0.25) is 10.0 Å². The van der Waals surface area contributed by atoms with Crippen LogP contribution in [0.5, 0.6) is 0 Å². The van der Waals surface area contributed by atoms with E-state index in [1.54, 1.807) is 29.4 Å². The lowest BCUT2D eigenvalue weighted by Gasteiger charge is -2.34. The third kappa shape index (κ3) is 3.27. The van der Waals surface area contributed by atoms with Crippen molar-refractivity contribution in [3.8, 4) is 0 Å². The van der Waals surface area contributed by atoms with Crippen molar-refractivity contribution in [3.05, 3.63) is 29.3 Å². The normalized spacial score (nSPS) is 20.4. The molecule has 116 valence electrons. The summed E-state index contributed by atoms with van der Waals surface area (Å²) in [5.41, 5.74) is 7.00. The lowest BCUT2D eigenvalue weighted by atomic mass is 10.0. The summed E-state index contributed by atoms with van der Waals surface area (Å²) in [4.78, 5) is 0.648. The molecule has 6 heteroatoms. The number of hydrogen-bond donors (Lipinski definition) is 1. The van der Waals surface area contributed by atoms with Crippen LogP contribution in [0.2, 0.25) is 0 Å². The summed E-state index contributed by atoms with van der Waals surface area (Å²) in [6.07, 6.45) is 3.83. The van der Waals surface area contributed by atoms with E-state index in [2.05, 4.69) is 0 Å². The largest absolute Gasteiger partial charge is 0.389 e. The highest BCUT2D eigenvalue weighted by Crippen LogP contribution is 2.28. The molecule has 2 N–H and O–H groups in total. The van der Waals surface area contributed by atoms with Crippen molar-refractivity contribution in [2.75, 3.05) is 6.54 Å². The summed E-state index contributed by atoms with van der Waals surface area (Å²) in [5.74, 6) is 0. The Morgan fingerprint density at radius 1 is 1.43 bits per heavy atom. The van der Waals surface area contributed by atoms with Crippen molar-refractivity contribution in [2.24, 2.45) is 5.73 Å². The second-order valence-electron chi connectivity index (χ2n) is 5.52. The van der Waals surface area contributed by atoms with Gasteiger partial charge in [0.25, 0.3) is 0 Å². The second kappa shape index (κ2) is 6.42. The number of thiocarbonyl (C=S) groups is 1. The van der Waals surface area contributed by atoms with Gasteiger partial charge >= 0.3 is 0 Å². The number of sulfonamides is 1. The van der Waals surface area contributed by atoms with Crippen molar-refractivity contribution in [1.82, 2.24) is 4.31 Å². The molecule has 1 aromatic carbocycles. The number of nitrogens with zero attached hydrogens (tertiary/aromatic N) is 1. The third-order valence-corrected chi connectivity index (χ3v) is 6.44. The molecule has 1 atom stereocenters. The summed E-state index contributed by atoms with van der Waals surface area (Å²) >= 11 is 4.94. The molecule has 21 heavy (non-hydrogen) atoms. The topological polar surface area (TPSA) is 63.4 Å². The van der Waals surface area contributed by atoms with E-state index in [0.717, 1.165) is 25.7 Å². The highest BCUT2D eigenvalue weighted by atomic mass is 32.2. The van der Waals surface area contributed by atoms with Gasteiger partial charge in [-0.1, -0.05) is 31.6 Å². The smallest absolute Gasteiger partial charge is 0.243 e. The molecular formula is C15H22N2O2S2. The van der Waals surface area contributed by atoms with E-state index in [9.17, 15) is 8.42 Å². The zero-order valence-corrected chi connectivity index (χ0v) is 14.1. The Kier molecular flexibility index (Phi) is 5.01. The lowest BCUT2D eigenvalue weighted by Crippen LogP contribution is -2.43. The van der Waals surface area contributed by atoms with Gasteiger partial charge in [-0.3, -0.25) is 0 Å². The minimum atomic E-state index is -3.45. The van der Waals surface area contributed by atoms with Gasteiger partial charge in [0.15, 0.2) is 0 Å².